The van der Waals surface area contributed by atoms with Crippen molar-refractivity contribution in [1.82, 2.24) is 0 Å². The monoisotopic (exact) mass is 139 g/mol. The third-order valence-corrected chi connectivity index (χ3v) is 2.27. The standard InChI is InChI=1S/C7H13N3/c1-6-4-2-3-5-7(6)9-10-8/h6-7H,2-5H2,1H3/t6-,7-/m1/s1. The SMILES string of the molecule is C[C@@H]1CCCC[C@H]1N=[N+]=[N-]. The molecule has 1 saturated carbocycles. The van der Waals surface area contributed by atoms with E-state index in [2.05, 4.69) is 16.9 Å². The second kappa shape index (κ2) is 3.47. The van der Waals surface area contributed by atoms with Gasteiger partial charge in [0, 0.05) is 11.0 Å². The van der Waals surface area contributed by atoms with E-state index in [4.69, 9.17) is 5.53 Å². The molecule has 0 spiro atoms. The number of rotatable bonds is 1. The van der Waals surface area contributed by atoms with E-state index in [0.717, 1.165) is 6.42 Å². The molecule has 56 valence electrons. The van der Waals surface area contributed by atoms with Crippen molar-refractivity contribution in [3.8, 4) is 0 Å². The molecule has 0 amide bonds. The Labute approximate surface area is 61.1 Å². The third kappa shape index (κ3) is 1.64. The molecule has 0 aromatic rings. The Morgan fingerprint density at radius 1 is 1.40 bits per heavy atom. The molecular formula is C7H13N3. The van der Waals surface area contributed by atoms with E-state index in [9.17, 15) is 0 Å². The Morgan fingerprint density at radius 2 is 2.10 bits per heavy atom. The van der Waals surface area contributed by atoms with Gasteiger partial charge in [-0.05, 0) is 17.9 Å². The van der Waals surface area contributed by atoms with Crippen molar-refractivity contribution in [2.45, 2.75) is 38.6 Å². The maximum Gasteiger partial charge on any atom is 0.0399 e. The summed E-state index contributed by atoms with van der Waals surface area (Å²) < 4.78 is 0. The minimum absolute atomic E-state index is 0.277. The summed E-state index contributed by atoms with van der Waals surface area (Å²) in [6.07, 6.45) is 4.85. The van der Waals surface area contributed by atoms with E-state index in [1.807, 2.05) is 0 Å². The molecule has 0 bridgehead atoms. The van der Waals surface area contributed by atoms with Crippen molar-refractivity contribution in [3.05, 3.63) is 10.4 Å². The normalized spacial score (nSPS) is 32.9. The molecule has 0 aliphatic heterocycles. The Balaban J connectivity index is 2.47. The minimum Gasteiger partial charge on any atom is -0.0903 e. The molecule has 1 aliphatic carbocycles. The van der Waals surface area contributed by atoms with Gasteiger partial charge in [0.25, 0.3) is 0 Å². The molecule has 0 aromatic heterocycles. The molecular weight excluding hydrogens is 126 g/mol. The van der Waals surface area contributed by atoms with Gasteiger partial charge >= 0.3 is 0 Å². The highest BCUT2D eigenvalue weighted by Crippen LogP contribution is 2.26. The zero-order chi connectivity index (χ0) is 7.40. The van der Waals surface area contributed by atoms with E-state index in [1.165, 1.54) is 19.3 Å². The van der Waals surface area contributed by atoms with Crippen LogP contribution in [0.3, 0.4) is 0 Å². The van der Waals surface area contributed by atoms with Crippen molar-refractivity contribution in [2.24, 2.45) is 11.0 Å². The molecule has 1 aliphatic rings. The lowest BCUT2D eigenvalue weighted by Gasteiger charge is -2.23. The minimum atomic E-state index is 0.277. The summed E-state index contributed by atoms with van der Waals surface area (Å²) >= 11 is 0. The fraction of sp³-hybridized carbons (Fsp3) is 1.00. The van der Waals surface area contributed by atoms with Crippen molar-refractivity contribution in [3.63, 3.8) is 0 Å². The van der Waals surface area contributed by atoms with Gasteiger partial charge in [0.05, 0.1) is 0 Å². The predicted molar refractivity (Wildman–Crippen MR) is 40.6 cm³/mol. The van der Waals surface area contributed by atoms with Crippen molar-refractivity contribution in [1.29, 1.82) is 0 Å². The Bertz CT molecular complexity index is 149. The van der Waals surface area contributed by atoms with Crippen LogP contribution < -0.4 is 0 Å². The van der Waals surface area contributed by atoms with Gasteiger partial charge in [-0.2, -0.15) is 0 Å². The first-order chi connectivity index (χ1) is 4.84. The lowest BCUT2D eigenvalue weighted by molar-refractivity contribution is 0.330. The van der Waals surface area contributed by atoms with E-state index in [1.54, 1.807) is 0 Å². The van der Waals surface area contributed by atoms with Gasteiger partial charge in [-0.1, -0.05) is 31.3 Å². The molecule has 1 fully saturated rings. The Kier molecular flexibility index (Phi) is 2.57. The van der Waals surface area contributed by atoms with Gasteiger partial charge in [0.15, 0.2) is 0 Å². The van der Waals surface area contributed by atoms with Gasteiger partial charge in [-0.3, -0.25) is 0 Å². The summed E-state index contributed by atoms with van der Waals surface area (Å²) in [7, 11) is 0. The quantitative estimate of drug-likeness (QED) is 0.304. The van der Waals surface area contributed by atoms with Crippen molar-refractivity contribution in [2.75, 3.05) is 0 Å². The first kappa shape index (κ1) is 7.42. The zero-order valence-corrected chi connectivity index (χ0v) is 6.32. The maximum absolute atomic E-state index is 8.19. The second-order valence-corrected chi connectivity index (χ2v) is 3.03. The maximum atomic E-state index is 8.19. The van der Waals surface area contributed by atoms with Crippen LogP contribution in [0.25, 0.3) is 10.4 Å². The van der Waals surface area contributed by atoms with Crippen LogP contribution in [-0.2, 0) is 0 Å². The van der Waals surface area contributed by atoms with Crippen LogP contribution in [0.4, 0.5) is 0 Å². The molecule has 3 nitrogen and oxygen atoms in total. The van der Waals surface area contributed by atoms with Crippen LogP contribution in [0.5, 0.6) is 0 Å². The summed E-state index contributed by atoms with van der Waals surface area (Å²) in [5.74, 6) is 0.602. The van der Waals surface area contributed by atoms with Crippen molar-refractivity contribution >= 4 is 0 Å². The van der Waals surface area contributed by atoms with Crippen LogP contribution in [-0.4, -0.2) is 6.04 Å². The molecule has 0 aromatic carbocycles. The number of hydrogen-bond acceptors (Lipinski definition) is 1. The summed E-state index contributed by atoms with van der Waals surface area (Å²) in [4.78, 5) is 2.83. The Morgan fingerprint density at radius 3 is 2.70 bits per heavy atom. The largest absolute Gasteiger partial charge is 0.0903 e. The molecule has 0 radical (unpaired) electrons. The summed E-state index contributed by atoms with van der Waals surface area (Å²) in [5, 5.41) is 3.75. The van der Waals surface area contributed by atoms with Gasteiger partial charge in [-0.25, -0.2) is 0 Å². The molecule has 0 unspecified atom stereocenters. The highest BCUT2D eigenvalue weighted by Gasteiger charge is 2.19. The van der Waals surface area contributed by atoms with E-state index in [0.29, 0.717) is 5.92 Å². The van der Waals surface area contributed by atoms with E-state index >= 15 is 0 Å². The predicted octanol–water partition coefficient (Wildman–Crippen LogP) is 2.88. The molecule has 0 N–H and O–H groups in total. The molecule has 0 heterocycles. The number of hydrogen-bond donors (Lipinski definition) is 0. The first-order valence-corrected chi connectivity index (χ1v) is 3.89. The molecule has 3 heteroatoms. The third-order valence-electron chi connectivity index (χ3n) is 2.27. The second-order valence-electron chi connectivity index (χ2n) is 3.03. The molecule has 10 heavy (non-hydrogen) atoms. The van der Waals surface area contributed by atoms with Crippen LogP contribution >= 0.6 is 0 Å². The van der Waals surface area contributed by atoms with Crippen LogP contribution in [0, 0.1) is 5.92 Å². The average Bonchev–Trinajstić information content (AvgIpc) is 1.94. The van der Waals surface area contributed by atoms with Crippen LogP contribution in [0.15, 0.2) is 5.11 Å². The summed E-state index contributed by atoms with van der Waals surface area (Å²) in [5.41, 5.74) is 8.19. The molecule has 1 rings (SSSR count). The highest BCUT2D eigenvalue weighted by molar-refractivity contribution is 4.77. The van der Waals surface area contributed by atoms with E-state index in [-0.39, 0.29) is 6.04 Å². The molecule has 0 saturated heterocycles. The van der Waals surface area contributed by atoms with Crippen LogP contribution in [0.1, 0.15) is 32.6 Å². The van der Waals surface area contributed by atoms with E-state index < -0.39 is 0 Å². The number of nitrogens with zero attached hydrogens (tertiary/aromatic N) is 3. The summed E-state index contributed by atoms with van der Waals surface area (Å²) in [6.45, 7) is 2.17. The van der Waals surface area contributed by atoms with Crippen LogP contribution in [0.2, 0.25) is 0 Å². The van der Waals surface area contributed by atoms with Gasteiger partial charge in [0.1, 0.15) is 0 Å². The highest BCUT2D eigenvalue weighted by atomic mass is 15.1. The molecule has 2 atom stereocenters. The fourth-order valence-electron chi connectivity index (χ4n) is 1.53. The van der Waals surface area contributed by atoms with Crippen molar-refractivity contribution < 1.29 is 0 Å². The average molecular weight is 139 g/mol. The lowest BCUT2D eigenvalue weighted by Crippen LogP contribution is -2.19. The Hall–Kier alpha value is -0.690. The summed E-state index contributed by atoms with van der Waals surface area (Å²) in [6, 6.07) is 0.277. The smallest absolute Gasteiger partial charge is 0.0399 e. The van der Waals surface area contributed by atoms with Gasteiger partial charge in [-0.15, -0.1) is 0 Å². The first-order valence-electron chi connectivity index (χ1n) is 3.89. The number of azide groups is 1. The zero-order valence-electron chi connectivity index (χ0n) is 6.32. The fourth-order valence-corrected chi connectivity index (χ4v) is 1.53. The lowest BCUT2D eigenvalue weighted by atomic mass is 9.87. The van der Waals surface area contributed by atoms with Gasteiger partial charge < -0.3 is 0 Å². The van der Waals surface area contributed by atoms with Gasteiger partial charge in [0.2, 0.25) is 0 Å². The topological polar surface area (TPSA) is 48.8 Å².